The average molecular weight is 286 g/mol. The largest absolute Gasteiger partial charge is 0.480 e. The van der Waals surface area contributed by atoms with Crippen LogP contribution in [-0.4, -0.2) is 52.7 Å². The Morgan fingerprint density at radius 1 is 1.05 bits per heavy atom. The highest BCUT2D eigenvalue weighted by Gasteiger charge is 2.19. The van der Waals surface area contributed by atoms with Crippen molar-refractivity contribution < 1.29 is 24.6 Å². The molecule has 0 aliphatic heterocycles. The van der Waals surface area contributed by atoms with Crippen LogP contribution in [0.2, 0.25) is 0 Å². The van der Waals surface area contributed by atoms with Crippen molar-refractivity contribution in [2.24, 2.45) is 5.92 Å². The molecule has 0 saturated heterocycles. The van der Waals surface area contributed by atoms with Gasteiger partial charge in [-0.2, -0.15) is 0 Å². The lowest BCUT2D eigenvalue weighted by Gasteiger charge is -2.19. The van der Waals surface area contributed by atoms with Crippen molar-refractivity contribution in [1.29, 1.82) is 0 Å². The molecule has 0 aromatic carbocycles. The highest BCUT2D eigenvalue weighted by atomic mass is 16.4. The number of carbonyl (C=O) groups excluding carboxylic acids is 1. The Kier molecular flexibility index (Phi) is 6.83. The predicted molar refractivity (Wildman–Crippen MR) is 71.4 cm³/mol. The second-order valence-electron chi connectivity index (χ2n) is 5.17. The molecule has 7 heteroatoms. The monoisotopic (exact) mass is 286 g/mol. The number of hydrogen-bond donors (Lipinski definition) is 3. The van der Waals surface area contributed by atoms with Gasteiger partial charge in [0.05, 0.1) is 0 Å². The zero-order valence-corrected chi connectivity index (χ0v) is 11.5. The van der Waals surface area contributed by atoms with Crippen LogP contribution in [0, 0.1) is 5.92 Å². The van der Waals surface area contributed by atoms with Crippen molar-refractivity contribution >= 4 is 18.0 Å². The van der Waals surface area contributed by atoms with Crippen molar-refractivity contribution in [3.63, 3.8) is 0 Å². The van der Waals surface area contributed by atoms with E-state index in [2.05, 4.69) is 5.32 Å². The zero-order valence-electron chi connectivity index (χ0n) is 11.5. The molecule has 0 aromatic rings. The third-order valence-electron chi connectivity index (χ3n) is 3.48. The molecule has 0 unspecified atom stereocenters. The van der Waals surface area contributed by atoms with Crippen LogP contribution in [0.4, 0.5) is 4.79 Å². The second-order valence-corrected chi connectivity index (χ2v) is 5.17. The number of aliphatic carboxylic acids is 2. The molecule has 114 valence electrons. The molecule has 0 atom stereocenters. The van der Waals surface area contributed by atoms with E-state index in [4.69, 9.17) is 10.2 Å². The molecule has 1 fully saturated rings. The third-order valence-corrected chi connectivity index (χ3v) is 3.48. The fraction of sp³-hybridized carbons (Fsp3) is 0.769. The first-order chi connectivity index (χ1) is 9.49. The van der Waals surface area contributed by atoms with Gasteiger partial charge in [-0.15, -0.1) is 0 Å². The molecule has 0 heterocycles. The van der Waals surface area contributed by atoms with E-state index in [0.717, 1.165) is 23.7 Å². The number of urea groups is 1. The number of carboxylic acid groups (broad SMARTS) is 2. The van der Waals surface area contributed by atoms with Crippen molar-refractivity contribution in [2.45, 2.75) is 38.5 Å². The van der Waals surface area contributed by atoms with E-state index in [1.807, 2.05) is 0 Å². The van der Waals surface area contributed by atoms with Crippen LogP contribution >= 0.6 is 0 Å². The van der Waals surface area contributed by atoms with Gasteiger partial charge in [0.15, 0.2) is 0 Å². The van der Waals surface area contributed by atoms with Crippen molar-refractivity contribution in [2.75, 3.05) is 19.6 Å². The Bertz CT molecular complexity index is 337. The summed E-state index contributed by atoms with van der Waals surface area (Å²) in [5.74, 6) is -1.72. The SMILES string of the molecule is O=C(O)CN(CC(=O)O)C(=O)NCCCC1CCCC1. The molecular weight excluding hydrogens is 264 g/mol. The van der Waals surface area contributed by atoms with Crippen molar-refractivity contribution in [3.05, 3.63) is 0 Å². The molecule has 1 aliphatic rings. The molecule has 1 aliphatic carbocycles. The van der Waals surface area contributed by atoms with Gasteiger partial charge in [0, 0.05) is 6.54 Å². The van der Waals surface area contributed by atoms with Gasteiger partial charge in [-0.3, -0.25) is 9.59 Å². The lowest BCUT2D eigenvalue weighted by atomic mass is 10.0. The summed E-state index contributed by atoms with van der Waals surface area (Å²) in [6.45, 7) is -0.771. The van der Waals surface area contributed by atoms with E-state index >= 15 is 0 Å². The van der Waals surface area contributed by atoms with E-state index in [0.29, 0.717) is 6.54 Å². The molecule has 20 heavy (non-hydrogen) atoms. The van der Waals surface area contributed by atoms with Gasteiger partial charge >= 0.3 is 18.0 Å². The number of carbonyl (C=O) groups is 3. The number of nitrogens with zero attached hydrogens (tertiary/aromatic N) is 1. The molecule has 7 nitrogen and oxygen atoms in total. The second kappa shape index (κ2) is 8.39. The lowest BCUT2D eigenvalue weighted by Crippen LogP contribution is -2.45. The zero-order chi connectivity index (χ0) is 15.0. The number of nitrogens with one attached hydrogen (secondary N) is 1. The Morgan fingerprint density at radius 3 is 2.10 bits per heavy atom. The molecule has 0 bridgehead atoms. The van der Waals surface area contributed by atoms with E-state index in [1.54, 1.807) is 0 Å². The minimum Gasteiger partial charge on any atom is -0.480 e. The minimum atomic E-state index is -1.23. The summed E-state index contributed by atoms with van der Waals surface area (Å²) in [5, 5.41) is 19.9. The molecule has 1 saturated carbocycles. The summed E-state index contributed by atoms with van der Waals surface area (Å²) in [6, 6.07) is -0.638. The molecule has 0 spiro atoms. The maximum absolute atomic E-state index is 11.7. The van der Waals surface area contributed by atoms with Gasteiger partial charge in [-0.25, -0.2) is 4.79 Å². The smallest absolute Gasteiger partial charge is 0.323 e. The quantitative estimate of drug-likeness (QED) is 0.580. The minimum absolute atomic E-state index is 0.449. The predicted octanol–water partition coefficient (Wildman–Crippen LogP) is 1.14. The standard InChI is InChI=1S/C13H22N2O5/c16-11(17)8-15(9-12(18)19)13(20)14-7-3-6-10-4-1-2-5-10/h10H,1-9H2,(H,14,20)(H,16,17)(H,18,19). The van der Waals surface area contributed by atoms with E-state index in [-0.39, 0.29) is 0 Å². The number of amides is 2. The molecule has 0 aromatic heterocycles. The maximum atomic E-state index is 11.7. The first-order valence-corrected chi connectivity index (χ1v) is 6.95. The van der Waals surface area contributed by atoms with Gasteiger partial charge in [0.2, 0.25) is 0 Å². The Labute approximate surface area is 117 Å². The van der Waals surface area contributed by atoms with E-state index in [1.165, 1.54) is 25.7 Å². The van der Waals surface area contributed by atoms with Crippen molar-refractivity contribution in [1.82, 2.24) is 10.2 Å². The molecule has 0 radical (unpaired) electrons. The van der Waals surface area contributed by atoms with Gasteiger partial charge < -0.3 is 20.4 Å². The molecule has 2 amide bonds. The average Bonchev–Trinajstić information content (AvgIpc) is 2.85. The van der Waals surface area contributed by atoms with Crippen LogP contribution in [-0.2, 0) is 9.59 Å². The topological polar surface area (TPSA) is 107 Å². The van der Waals surface area contributed by atoms with Gasteiger partial charge in [-0.1, -0.05) is 25.7 Å². The highest BCUT2D eigenvalue weighted by Crippen LogP contribution is 2.28. The summed E-state index contributed by atoms with van der Waals surface area (Å²) in [7, 11) is 0. The fourth-order valence-electron chi connectivity index (χ4n) is 2.52. The van der Waals surface area contributed by atoms with Crippen LogP contribution in [0.3, 0.4) is 0 Å². The number of rotatable bonds is 8. The molecule has 3 N–H and O–H groups in total. The van der Waals surface area contributed by atoms with Gasteiger partial charge in [0.1, 0.15) is 13.1 Å². The Balaban J connectivity index is 2.25. The van der Waals surface area contributed by atoms with Crippen LogP contribution in [0.5, 0.6) is 0 Å². The summed E-state index contributed by atoms with van der Waals surface area (Å²) in [6.07, 6.45) is 6.95. The Morgan fingerprint density at radius 2 is 1.60 bits per heavy atom. The third kappa shape index (κ3) is 6.40. The van der Waals surface area contributed by atoms with Crippen LogP contribution in [0.15, 0.2) is 0 Å². The lowest BCUT2D eigenvalue weighted by molar-refractivity contribution is -0.140. The van der Waals surface area contributed by atoms with E-state index < -0.39 is 31.1 Å². The molecular formula is C13H22N2O5. The van der Waals surface area contributed by atoms with Gasteiger partial charge in [-0.05, 0) is 18.8 Å². The highest BCUT2D eigenvalue weighted by molar-refractivity contribution is 5.84. The Hall–Kier alpha value is -1.79. The van der Waals surface area contributed by atoms with Crippen LogP contribution in [0.1, 0.15) is 38.5 Å². The van der Waals surface area contributed by atoms with Crippen LogP contribution in [0.25, 0.3) is 0 Å². The fourth-order valence-corrected chi connectivity index (χ4v) is 2.52. The normalized spacial score (nSPS) is 15.0. The summed E-state index contributed by atoms with van der Waals surface area (Å²) in [5.41, 5.74) is 0. The molecule has 1 rings (SSSR count). The van der Waals surface area contributed by atoms with Crippen molar-refractivity contribution in [3.8, 4) is 0 Å². The first kappa shape index (κ1) is 16.3. The number of carboxylic acids is 2. The summed E-state index contributed by atoms with van der Waals surface area (Å²) in [4.78, 5) is 33.6. The van der Waals surface area contributed by atoms with E-state index in [9.17, 15) is 14.4 Å². The maximum Gasteiger partial charge on any atom is 0.323 e. The van der Waals surface area contributed by atoms with Crippen LogP contribution < -0.4 is 5.32 Å². The summed E-state index contributed by atoms with van der Waals surface area (Å²) >= 11 is 0. The summed E-state index contributed by atoms with van der Waals surface area (Å²) < 4.78 is 0. The number of hydrogen-bond acceptors (Lipinski definition) is 3. The first-order valence-electron chi connectivity index (χ1n) is 6.95. The van der Waals surface area contributed by atoms with Gasteiger partial charge in [0.25, 0.3) is 0 Å².